The van der Waals surface area contributed by atoms with Crippen LogP contribution in [-0.4, -0.2) is 21.5 Å². The molecule has 0 radical (unpaired) electrons. The van der Waals surface area contributed by atoms with Crippen molar-refractivity contribution in [2.45, 2.75) is 45.7 Å². The highest BCUT2D eigenvalue weighted by atomic mass is 35.5. The van der Waals surface area contributed by atoms with E-state index in [1.165, 1.54) is 31.4 Å². The van der Waals surface area contributed by atoms with Gasteiger partial charge in [0.05, 0.1) is 6.54 Å². The van der Waals surface area contributed by atoms with Crippen molar-refractivity contribution in [1.29, 1.82) is 0 Å². The van der Waals surface area contributed by atoms with Crippen molar-refractivity contribution in [1.82, 2.24) is 20.3 Å². The summed E-state index contributed by atoms with van der Waals surface area (Å²) in [5, 5.41) is 13.2. The van der Waals surface area contributed by atoms with Gasteiger partial charge in [0.15, 0.2) is 0 Å². The van der Waals surface area contributed by atoms with E-state index in [1.54, 1.807) is 10.9 Å². The summed E-state index contributed by atoms with van der Waals surface area (Å²) in [6, 6.07) is 14.4. The SMILES string of the molecule is CCCCCCNCc1nn(Cc2ccc(F)cc2Cl)nc1-c1ccccc1. The lowest BCUT2D eigenvalue weighted by molar-refractivity contribution is 0.564. The van der Waals surface area contributed by atoms with E-state index in [-0.39, 0.29) is 5.82 Å². The van der Waals surface area contributed by atoms with E-state index in [2.05, 4.69) is 22.4 Å². The van der Waals surface area contributed by atoms with Gasteiger partial charge in [-0.2, -0.15) is 15.0 Å². The third kappa shape index (κ3) is 5.63. The Morgan fingerprint density at radius 2 is 1.86 bits per heavy atom. The first-order valence-electron chi connectivity index (χ1n) is 9.81. The molecular formula is C22H26ClFN4. The Hall–Kier alpha value is -2.24. The second-order valence-electron chi connectivity index (χ2n) is 6.86. The van der Waals surface area contributed by atoms with Gasteiger partial charge in [-0.3, -0.25) is 0 Å². The van der Waals surface area contributed by atoms with E-state index in [9.17, 15) is 4.39 Å². The fourth-order valence-corrected chi connectivity index (χ4v) is 3.31. The van der Waals surface area contributed by atoms with Crippen LogP contribution in [0.4, 0.5) is 4.39 Å². The molecule has 3 aromatic rings. The third-order valence-corrected chi connectivity index (χ3v) is 4.95. The average molecular weight is 401 g/mol. The van der Waals surface area contributed by atoms with E-state index in [1.807, 2.05) is 30.3 Å². The standard InChI is InChI=1S/C22H26ClFN4/c1-2-3-4-8-13-25-15-21-22(17-9-6-5-7-10-17)27-28(26-21)16-18-11-12-19(24)14-20(18)23/h5-7,9-12,14,25H,2-4,8,13,15-16H2,1H3. The maximum atomic E-state index is 13.3. The minimum absolute atomic E-state index is 0.347. The molecule has 148 valence electrons. The molecule has 0 unspecified atom stereocenters. The number of unbranched alkanes of at least 4 members (excludes halogenated alkanes) is 3. The Morgan fingerprint density at radius 3 is 2.61 bits per heavy atom. The van der Waals surface area contributed by atoms with Crippen molar-refractivity contribution in [3.8, 4) is 11.3 Å². The van der Waals surface area contributed by atoms with E-state index < -0.39 is 0 Å². The molecule has 0 aliphatic heterocycles. The fraction of sp³-hybridized carbons (Fsp3) is 0.364. The molecule has 0 fully saturated rings. The van der Waals surface area contributed by atoms with Crippen LogP contribution in [0.1, 0.15) is 43.9 Å². The number of halogens is 2. The monoisotopic (exact) mass is 400 g/mol. The zero-order valence-electron chi connectivity index (χ0n) is 16.2. The number of rotatable bonds is 10. The van der Waals surface area contributed by atoms with Gasteiger partial charge < -0.3 is 5.32 Å². The second-order valence-corrected chi connectivity index (χ2v) is 7.27. The molecule has 6 heteroatoms. The molecule has 0 saturated heterocycles. The van der Waals surface area contributed by atoms with Crippen LogP contribution in [0.2, 0.25) is 5.02 Å². The summed E-state index contributed by atoms with van der Waals surface area (Å²) >= 11 is 6.17. The zero-order chi connectivity index (χ0) is 19.8. The molecule has 0 bridgehead atoms. The van der Waals surface area contributed by atoms with Gasteiger partial charge in [0.25, 0.3) is 0 Å². The topological polar surface area (TPSA) is 42.7 Å². The maximum absolute atomic E-state index is 13.3. The number of aromatic nitrogens is 3. The van der Waals surface area contributed by atoms with Crippen molar-refractivity contribution in [2.24, 2.45) is 0 Å². The second kappa shape index (κ2) is 10.3. The van der Waals surface area contributed by atoms with Gasteiger partial charge in [-0.05, 0) is 30.7 Å². The van der Waals surface area contributed by atoms with Gasteiger partial charge in [-0.25, -0.2) is 4.39 Å². The van der Waals surface area contributed by atoms with Gasteiger partial charge in [0.2, 0.25) is 0 Å². The van der Waals surface area contributed by atoms with E-state index >= 15 is 0 Å². The molecule has 2 aromatic carbocycles. The molecule has 1 aromatic heterocycles. The number of nitrogens with one attached hydrogen (secondary N) is 1. The van der Waals surface area contributed by atoms with Crippen LogP contribution in [0.3, 0.4) is 0 Å². The van der Waals surface area contributed by atoms with Crippen LogP contribution in [-0.2, 0) is 13.1 Å². The minimum Gasteiger partial charge on any atom is -0.311 e. The van der Waals surface area contributed by atoms with Crippen molar-refractivity contribution >= 4 is 11.6 Å². The molecule has 1 heterocycles. The molecule has 3 rings (SSSR count). The van der Waals surface area contributed by atoms with Crippen molar-refractivity contribution < 1.29 is 4.39 Å². The Morgan fingerprint density at radius 1 is 1.04 bits per heavy atom. The highest BCUT2D eigenvalue weighted by molar-refractivity contribution is 6.31. The lowest BCUT2D eigenvalue weighted by atomic mass is 10.1. The first kappa shape index (κ1) is 20.5. The molecule has 28 heavy (non-hydrogen) atoms. The smallest absolute Gasteiger partial charge is 0.124 e. The highest BCUT2D eigenvalue weighted by Crippen LogP contribution is 2.22. The maximum Gasteiger partial charge on any atom is 0.124 e. The van der Waals surface area contributed by atoms with Crippen LogP contribution in [0.25, 0.3) is 11.3 Å². The normalized spacial score (nSPS) is 11.1. The first-order chi connectivity index (χ1) is 13.7. The van der Waals surface area contributed by atoms with Crippen molar-refractivity contribution in [3.05, 3.63) is 70.6 Å². The highest BCUT2D eigenvalue weighted by Gasteiger charge is 2.14. The molecule has 0 aliphatic carbocycles. The predicted octanol–water partition coefficient (Wildman–Crippen LogP) is 5.46. The number of hydrogen-bond donors (Lipinski definition) is 1. The molecule has 4 nitrogen and oxygen atoms in total. The van der Waals surface area contributed by atoms with Crippen molar-refractivity contribution in [3.63, 3.8) is 0 Å². The lowest BCUT2D eigenvalue weighted by Crippen LogP contribution is -2.16. The quantitative estimate of drug-likeness (QED) is 0.460. The minimum atomic E-state index is -0.347. The van der Waals surface area contributed by atoms with Gasteiger partial charge in [-0.15, -0.1) is 0 Å². The molecule has 0 atom stereocenters. The third-order valence-electron chi connectivity index (χ3n) is 4.60. The van der Waals surface area contributed by atoms with Crippen LogP contribution < -0.4 is 5.32 Å². The molecule has 0 aliphatic rings. The summed E-state index contributed by atoms with van der Waals surface area (Å²) in [4.78, 5) is 1.63. The number of nitrogens with zero attached hydrogens (tertiary/aromatic N) is 3. The van der Waals surface area contributed by atoms with E-state index in [0.29, 0.717) is 18.1 Å². The fourth-order valence-electron chi connectivity index (χ4n) is 3.08. The summed E-state index contributed by atoms with van der Waals surface area (Å²) in [6.45, 7) is 4.24. The van der Waals surface area contributed by atoms with Gasteiger partial charge in [0, 0.05) is 17.1 Å². The van der Waals surface area contributed by atoms with Gasteiger partial charge in [0.1, 0.15) is 17.2 Å². The Bertz CT molecular complexity index is 879. The number of hydrogen-bond acceptors (Lipinski definition) is 3. The van der Waals surface area contributed by atoms with Crippen molar-refractivity contribution in [2.75, 3.05) is 6.54 Å². The van der Waals surface area contributed by atoms with Crippen LogP contribution in [0, 0.1) is 5.82 Å². The number of benzene rings is 2. The Kier molecular flexibility index (Phi) is 7.57. The van der Waals surface area contributed by atoms with E-state index in [4.69, 9.17) is 11.6 Å². The molecule has 0 saturated carbocycles. The molecule has 0 spiro atoms. The Labute approximate surface area is 170 Å². The molecule has 1 N–H and O–H groups in total. The van der Waals surface area contributed by atoms with Gasteiger partial charge in [-0.1, -0.05) is 74.2 Å². The largest absolute Gasteiger partial charge is 0.311 e. The zero-order valence-corrected chi connectivity index (χ0v) is 16.9. The van der Waals surface area contributed by atoms with Gasteiger partial charge >= 0.3 is 0 Å². The predicted molar refractivity (Wildman–Crippen MR) is 112 cm³/mol. The lowest BCUT2D eigenvalue weighted by Gasteiger charge is -2.04. The molecular weight excluding hydrogens is 375 g/mol. The van der Waals surface area contributed by atoms with Crippen LogP contribution in [0.15, 0.2) is 48.5 Å². The Balaban J connectivity index is 1.75. The van der Waals surface area contributed by atoms with Crippen LogP contribution >= 0.6 is 11.6 Å². The summed E-state index contributed by atoms with van der Waals surface area (Å²) in [5.74, 6) is -0.347. The summed E-state index contributed by atoms with van der Waals surface area (Å²) in [5.41, 5.74) is 3.58. The first-order valence-corrected chi connectivity index (χ1v) is 10.2. The molecule has 0 amide bonds. The summed E-state index contributed by atoms with van der Waals surface area (Å²) in [7, 11) is 0. The summed E-state index contributed by atoms with van der Waals surface area (Å²) in [6.07, 6.45) is 4.91. The van der Waals surface area contributed by atoms with E-state index in [0.717, 1.165) is 35.5 Å². The average Bonchev–Trinajstić information content (AvgIpc) is 3.10. The van der Waals surface area contributed by atoms with Crippen LogP contribution in [0.5, 0.6) is 0 Å². The summed E-state index contributed by atoms with van der Waals surface area (Å²) < 4.78 is 13.3.